The molecule has 6 heteroatoms. The largest absolute Gasteiger partial charge is 0.496 e. The highest BCUT2D eigenvalue weighted by molar-refractivity contribution is 5.95. The lowest BCUT2D eigenvalue weighted by atomic mass is 10.1. The lowest BCUT2D eigenvalue weighted by Gasteiger charge is -2.26. The van der Waals surface area contributed by atoms with Gasteiger partial charge in [-0.05, 0) is 43.5 Å². The van der Waals surface area contributed by atoms with E-state index in [-0.39, 0.29) is 12.0 Å². The number of allylic oxidation sites excluding steroid dienone is 1. The van der Waals surface area contributed by atoms with Crippen molar-refractivity contribution in [1.29, 1.82) is 0 Å². The van der Waals surface area contributed by atoms with Crippen LogP contribution in [0.4, 0.5) is 0 Å². The molecular formula is C25H29NO5. The molecule has 3 rings (SSSR count). The summed E-state index contributed by atoms with van der Waals surface area (Å²) in [6.45, 7) is 2.87. The Morgan fingerprint density at radius 1 is 1.16 bits per heavy atom. The molecule has 2 aromatic rings. The summed E-state index contributed by atoms with van der Waals surface area (Å²) in [7, 11) is 3.15. The zero-order valence-corrected chi connectivity index (χ0v) is 18.3. The van der Waals surface area contributed by atoms with Crippen molar-refractivity contribution in [3.05, 3.63) is 71.0 Å². The van der Waals surface area contributed by atoms with Gasteiger partial charge in [0.25, 0.3) is 5.91 Å². The van der Waals surface area contributed by atoms with Crippen molar-refractivity contribution in [2.24, 2.45) is 0 Å². The van der Waals surface area contributed by atoms with Gasteiger partial charge in [0.05, 0.1) is 20.8 Å². The number of ether oxygens (including phenoxy) is 3. The van der Waals surface area contributed by atoms with Crippen molar-refractivity contribution in [3.63, 3.8) is 0 Å². The van der Waals surface area contributed by atoms with Crippen LogP contribution >= 0.6 is 0 Å². The fourth-order valence-corrected chi connectivity index (χ4v) is 3.76. The van der Waals surface area contributed by atoms with E-state index in [2.05, 4.69) is 12.1 Å². The van der Waals surface area contributed by atoms with Crippen LogP contribution in [0, 0.1) is 6.92 Å². The van der Waals surface area contributed by atoms with Crippen LogP contribution in [-0.4, -0.2) is 50.5 Å². The van der Waals surface area contributed by atoms with E-state index in [1.165, 1.54) is 5.56 Å². The predicted octanol–water partition coefficient (Wildman–Crippen LogP) is 3.96. The summed E-state index contributed by atoms with van der Waals surface area (Å²) in [4.78, 5) is 26.2. The van der Waals surface area contributed by atoms with Crippen LogP contribution in [0.25, 0.3) is 0 Å². The zero-order chi connectivity index (χ0) is 22.2. The number of aryl methyl sites for hydroxylation is 1. The van der Waals surface area contributed by atoms with Crippen LogP contribution in [0.5, 0.6) is 11.5 Å². The molecule has 2 aromatic carbocycles. The molecule has 6 nitrogen and oxygen atoms in total. The van der Waals surface area contributed by atoms with E-state index in [1.807, 2.05) is 25.1 Å². The molecule has 1 aliphatic rings. The molecule has 164 valence electrons. The molecule has 0 aromatic heterocycles. The minimum Gasteiger partial charge on any atom is -0.496 e. The molecule has 1 atom stereocenters. The third-order valence-electron chi connectivity index (χ3n) is 5.45. The van der Waals surface area contributed by atoms with Crippen molar-refractivity contribution in [3.8, 4) is 11.5 Å². The van der Waals surface area contributed by atoms with Gasteiger partial charge in [-0.1, -0.05) is 30.3 Å². The van der Waals surface area contributed by atoms with Crippen LogP contribution in [-0.2, 0) is 16.0 Å². The number of benzene rings is 2. The molecule has 1 amide bonds. The number of hydrogen-bond donors (Lipinski definition) is 0. The fraction of sp³-hybridized carbons (Fsp3) is 0.360. The van der Waals surface area contributed by atoms with Gasteiger partial charge in [0.15, 0.2) is 12.0 Å². The van der Waals surface area contributed by atoms with E-state index < -0.39 is 0 Å². The number of nitrogens with zero attached hydrogens (tertiary/aromatic N) is 1. The number of rotatable bonds is 10. The standard InChI is InChI=1S/C25H29NO5/c1-18-23(29-2)14-20(15-24(18)30-3)25(28)26(16-21-11-12-22(17-27)31-21)13-7-10-19-8-5-4-6-9-19/h4-6,8-9,12,14-15,17,21H,7,10-11,13,16H2,1-3H3. The van der Waals surface area contributed by atoms with Gasteiger partial charge in [0.2, 0.25) is 0 Å². The minimum absolute atomic E-state index is 0.118. The third kappa shape index (κ3) is 5.66. The Morgan fingerprint density at radius 2 is 1.84 bits per heavy atom. The molecule has 0 saturated carbocycles. The van der Waals surface area contributed by atoms with Crippen LogP contribution in [0.2, 0.25) is 0 Å². The maximum Gasteiger partial charge on any atom is 0.254 e. The second-order valence-corrected chi connectivity index (χ2v) is 7.55. The first-order valence-electron chi connectivity index (χ1n) is 10.4. The molecule has 0 fully saturated rings. The highest BCUT2D eigenvalue weighted by atomic mass is 16.5. The number of carbonyl (C=O) groups excluding carboxylic acids is 2. The van der Waals surface area contributed by atoms with Crippen molar-refractivity contribution < 1.29 is 23.8 Å². The van der Waals surface area contributed by atoms with Crippen molar-refractivity contribution in [2.45, 2.75) is 32.3 Å². The molecule has 1 heterocycles. The van der Waals surface area contributed by atoms with Gasteiger partial charge in [0.1, 0.15) is 17.6 Å². The monoisotopic (exact) mass is 423 g/mol. The Morgan fingerprint density at radius 3 is 2.42 bits per heavy atom. The fourth-order valence-electron chi connectivity index (χ4n) is 3.76. The maximum atomic E-state index is 13.4. The van der Waals surface area contributed by atoms with E-state index in [1.54, 1.807) is 37.3 Å². The second-order valence-electron chi connectivity index (χ2n) is 7.55. The SMILES string of the molecule is COc1cc(C(=O)N(CCCc2ccccc2)CC2CC=C(C=O)O2)cc(OC)c1C. The molecular weight excluding hydrogens is 394 g/mol. The molecule has 0 spiro atoms. The molecule has 0 aliphatic carbocycles. The Bertz CT molecular complexity index is 913. The number of methoxy groups -OCH3 is 2. The lowest BCUT2D eigenvalue weighted by molar-refractivity contribution is -0.108. The summed E-state index contributed by atoms with van der Waals surface area (Å²) in [6, 6.07) is 13.7. The number of carbonyl (C=O) groups is 2. The third-order valence-corrected chi connectivity index (χ3v) is 5.45. The summed E-state index contributed by atoms with van der Waals surface area (Å²) in [6.07, 6.45) is 4.54. The van der Waals surface area contributed by atoms with Crippen LogP contribution in [0.1, 0.15) is 34.3 Å². The topological polar surface area (TPSA) is 65.1 Å². The summed E-state index contributed by atoms with van der Waals surface area (Å²) in [5.74, 6) is 1.43. The molecule has 0 saturated heterocycles. The Balaban J connectivity index is 1.77. The normalized spacial score (nSPS) is 15.1. The lowest BCUT2D eigenvalue weighted by Crippen LogP contribution is -2.38. The second kappa shape index (κ2) is 10.7. The predicted molar refractivity (Wildman–Crippen MR) is 119 cm³/mol. The average molecular weight is 424 g/mol. The summed E-state index contributed by atoms with van der Waals surface area (Å²) in [5, 5.41) is 0. The summed E-state index contributed by atoms with van der Waals surface area (Å²) >= 11 is 0. The van der Waals surface area contributed by atoms with Gasteiger partial charge in [0, 0.05) is 24.1 Å². The van der Waals surface area contributed by atoms with Gasteiger partial charge in [-0.25, -0.2) is 0 Å². The van der Waals surface area contributed by atoms with E-state index in [0.29, 0.717) is 48.6 Å². The van der Waals surface area contributed by atoms with E-state index in [0.717, 1.165) is 18.4 Å². The van der Waals surface area contributed by atoms with Crippen LogP contribution in [0.3, 0.4) is 0 Å². The molecule has 0 N–H and O–H groups in total. The number of hydrogen-bond acceptors (Lipinski definition) is 5. The zero-order valence-electron chi connectivity index (χ0n) is 18.3. The molecule has 1 unspecified atom stereocenters. The summed E-state index contributed by atoms with van der Waals surface area (Å²) < 4.78 is 16.5. The Hall–Kier alpha value is -3.28. The first-order chi connectivity index (χ1) is 15.0. The van der Waals surface area contributed by atoms with E-state index in [9.17, 15) is 9.59 Å². The van der Waals surface area contributed by atoms with E-state index in [4.69, 9.17) is 14.2 Å². The van der Waals surface area contributed by atoms with Crippen molar-refractivity contribution in [2.75, 3.05) is 27.3 Å². The molecule has 31 heavy (non-hydrogen) atoms. The van der Waals surface area contributed by atoms with Crippen LogP contribution in [0.15, 0.2) is 54.3 Å². The van der Waals surface area contributed by atoms with Gasteiger partial charge < -0.3 is 19.1 Å². The molecule has 0 bridgehead atoms. The van der Waals surface area contributed by atoms with Crippen LogP contribution < -0.4 is 9.47 Å². The minimum atomic E-state index is -0.227. The van der Waals surface area contributed by atoms with Crippen molar-refractivity contribution in [1.82, 2.24) is 4.90 Å². The van der Waals surface area contributed by atoms with Gasteiger partial charge >= 0.3 is 0 Å². The Labute approximate surface area is 183 Å². The van der Waals surface area contributed by atoms with Gasteiger partial charge in [-0.2, -0.15) is 0 Å². The smallest absolute Gasteiger partial charge is 0.254 e. The first-order valence-corrected chi connectivity index (χ1v) is 10.4. The Kier molecular flexibility index (Phi) is 7.70. The van der Waals surface area contributed by atoms with Gasteiger partial charge in [-0.3, -0.25) is 9.59 Å². The highest BCUT2D eigenvalue weighted by Crippen LogP contribution is 2.30. The molecule has 1 aliphatic heterocycles. The quantitative estimate of drug-likeness (QED) is 0.541. The number of amides is 1. The van der Waals surface area contributed by atoms with Crippen molar-refractivity contribution >= 4 is 12.2 Å². The summed E-state index contributed by atoms with van der Waals surface area (Å²) in [5.41, 5.74) is 2.58. The maximum absolute atomic E-state index is 13.4. The van der Waals surface area contributed by atoms with Gasteiger partial charge in [-0.15, -0.1) is 0 Å². The average Bonchev–Trinajstić information content (AvgIpc) is 3.26. The highest BCUT2D eigenvalue weighted by Gasteiger charge is 2.25. The first kappa shape index (κ1) is 22.4. The molecule has 0 radical (unpaired) electrons. The number of aldehydes is 1. The van der Waals surface area contributed by atoms with E-state index >= 15 is 0 Å².